The summed E-state index contributed by atoms with van der Waals surface area (Å²) in [5.74, 6) is 0.322. The first-order valence-corrected chi connectivity index (χ1v) is 5.54. The summed E-state index contributed by atoms with van der Waals surface area (Å²) in [5.41, 5.74) is 0. The molecule has 0 aliphatic carbocycles. The van der Waals surface area contributed by atoms with Crippen molar-refractivity contribution < 1.29 is 5.11 Å². The molecule has 3 rings (SSSR count). The van der Waals surface area contributed by atoms with Crippen molar-refractivity contribution in [2.75, 3.05) is 0 Å². The second kappa shape index (κ2) is 7.36. The molecule has 18 heavy (non-hydrogen) atoms. The number of rotatable bonds is 0. The van der Waals surface area contributed by atoms with E-state index in [0.717, 1.165) is 0 Å². The zero-order chi connectivity index (χ0) is 11.9. The van der Waals surface area contributed by atoms with Gasteiger partial charge in [0.05, 0.1) is 0 Å². The van der Waals surface area contributed by atoms with E-state index in [1.807, 2.05) is 6.07 Å². The van der Waals surface area contributed by atoms with Gasteiger partial charge in [-0.25, -0.2) is 0 Å². The molecule has 0 saturated carbocycles. The minimum absolute atomic E-state index is 0. The van der Waals surface area contributed by atoms with E-state index in [0.29, 0.717) is 5.75 Å². The Balaban J connectivity index is 0.000000181. The molecule has 0 atom stereocenters. The number of halogens is 1. The highest BCUT2D eigenvalue weighted by Crippen LogP contribution is 2.11. The fourth-order valence-electron chi connectivity index (χ4n) is 1.56. The summed E-state index contributed by atoms with van der Waals surface area (Å²) in [7, 11) is 0. The molecule has 3 aromatic rings. The molecule has 0 aliphatic heterocycles. The maximum atomic E-state index is 8.63. The molecule has 3 aromatic carbocycles. The predicted octanol–water partition coefficient (Wildman–Crippen LogP) is 4.65. The van der Waals surface area contributed by atoms with Gasteiger partial charge < -0.3 is 5.11 Å². The Labute approximate surface area is 113 Å². The Bertz CT molecular complexity index is 513. The molecule has 0 amide bonds. The van der Waals surface area contributed by atoms with Gasteiger partial charge in [-0.15, -0.1) is 12.4 Å². The maximum Gasteiger partial charge on any atom is 0.115 e. The molecule has 0 heterocycles. The first kappa shape index (κ1) is 14.1. The van der Waals surface area contributed by atoms with Crippen LogP contribution in [-0.4, -0.2) is 5.11 Å². The molecule has 0 aromatic heterocycles. The summed E-state index contributed by atoms with van der Waals surface area (Å²) >= 11 is 0. The van der Waals surface area contributed by atoms with Gasteiger partial charge in [-0.2, -0.15) is 0 Å². The van der Waals surface area contributed by atoms with Gasteiger partial charge in [0.2, 0.25) is 0 Å². The van der Waals surface area contributed by atoms with Crippen LogP contribution in [0.4, 0.5) is 0 Å². The van der Waals surface area contributed by atoms with Gasteiger partial charge in [0.15, 0.2) is 0 Å². The third kappa shape index (κ3) is 4.11. The number of aromatic hydroxyl groups is 1. The number of hydrogen-bond donors (Lipinski definition) is 1. The van der Waals surface area contributed by atoms with Crippen LogP contribution in [0.3, 0.4) is 0 Å². The van der Waals surface area contributed by atoms with Gasteiger partial charge in [-0.05, 0) is 22.9 Å². The van der Waals surface area contributed by atoms with E-state index in [9.17, 15) is 0 Å². The summed E-state index contributed by atoms with van der Waals surface area (Å²) in [4.78, 5) is 0. The average Bonchev–Trinajstić information content (AvgIpc) is 2.41. The number of phenols is 1. The summed E-state index contributed by atoms with van der Waals surface area (Å²) in [6.07, 6.45) is 0. The van der Waals surface area contributed by atoms with E-state index in [4.69, 9.17) is 5.11 Å². The number of fused-ring (bicyclic) bond motifs is 1. The maximum absolute atomic E-state index is 8.63. The van der Waals surface area contributed by atoms with E-state index >= 15 is 0 Å². The van der Waals surface area contributed by atoms with Crippen molar-refractivity contribution >= 4 is 23.2 Å². The fourth-order valence-corrected chi connectivity index (χ4v) is 1.56. The molecule has 0 unspecified atom stereocenters. The Kier molecular flexibility index (Phi) is 5.75. The van der Waals surface area contributed by atoms with Crippen molar-refractivity contribution in [3.8, 4) is 5.75 Å². The Hall–Kier alpha value is -1.99. The highest BCUT2D eigenvalue weighted by Gasteiger charge is 1.85. The Morgan fingerprint density at radius 1 is 0.500 bits per heavy atom. The quantitative estimate of drug-likeness (QED) is 0.622. The molecule has 1 nitrogen and oxygen atoms in total. The van der Waals surface area contributed by atoms with Gasteiger partial charge in [0.25, 0.3) is 0 Å². The Morgan fingerprint density at radius 3 is 1.11 bits per heavy atom. The monoisotopic (exact) mass is 258 g/mol. The van der Waals surface area contributed by atoms with Crippen LogP contribution in [-0.2, 0) is 0 Å². The zero-order valence-corrected chi connectivity index (χ0v) is 10.7. The lowest BCUT2D eigenvalue weighted by atomic mass is 10.1. The van der Waals surface area contributed by atoms with Gasteiger partial charge in [0, 0.05) is 0 Å². The molecular formula is C16H15ClO. The molecular weight excluding hydrogens is 244 g/mol. The fraction of sp³-hybridized carbons (Fsp3) is 0. The first-order valence-electron chi connectivity index (χ1n) is 5.54. The smallest absolute Gasteiger partial charge is 0.115 e. The van der Waals surface area contributed by atoms with Crippen molar-refractivity contribution in [1.82, 2.24) is 0 Å². The van der Waals surface area contributed by atoms with Crippen LogP contribution >= 0.6 is 12.4 Å². The third-order valence-corrected chi connectivity index (χ3v) is 2.41. The summed E-state index contributed by atoms with van der Waals surface area (Å²) in [6.45, 7) is 0. The van der Waals surface area contributed by atoms with Crippen LogP contribution in [0.25, 0.3) is 10.8 Å². The van der Waals surface area contributed by atoms with Crippen molar-refractivity contribution in [2.24, 2.45) is 0 Å². The number of phenolic OH excluding ortho intramolecular Hbond substituents is 1. The molecule has 92 valence electrons. The normalized spacial score (nSPS) is 8.89. The largest absolute Gasteiger partial charge is 0.508 e. The lowest BCUT2D eigenvalue weighted by molar-refractivity contribution is 0.475. The summed E-state index contributed by atoms with van der Waals surface area (Å²) in [5, 5.41) is 11.3. The van der Waals surface area contributed by atoms with Crippen molar-refractivity contribution in [1.29, 1.82) is 0 Å². The zero-order valence-electron chi connectivity index (χ0n) is 9.86. The third-order valence-electron chi connectivity index (χ3n) is 2.41. The van der Waals surface area contributed by atoms with Crippen LogP contribution < -0.4 is 0 Å². The predicted molar refractivity (Wildman–Crippen MR) is 79.3 cm³/mol. The summed E-state index contributed by atoms with van der Waals surface area (Å²) in [6, 6.07) is 25.4. The van der Waals surface area contributed by atoms with Crippen LogP contribution in [0, 0.1) is 0 Å². The number of para-hydroxylation sites is 1. The Morgan fingerprint density at radius 2 is 0.833 bits per heavy atom. The molecule has 0 fully saturated rings. The SMILES string of the molecule is Cl.Oc1ccccc1.c1ccc2ccccc2c1. The van der Waals surface area contributed by atoms with Gasteiger partial charge >= 0.3 is 0 Å². The second-order valence-electron chi connectivity index (χ2n) is 3.68. The molecule has 0 aliphatic rings. The van der Waals surface area contributed by atoms with E-state index < -0.39 is 0 Å². The molecule has 0 bridgehead atoms. The van der Waals surface area contributed by atoms with Gasteiger partial charge in [-0.3, -0.25) is 0 Å². The van der Waals surface area contributed by atoms with Crippen molar-refractivity contribution in [3.63, 3.8) is 0 Å². The lowest BCUT2D eigenvalue weighted by Gasteiger charge is -1.92. The van der Waals surface area contributed by atoms with Gasteiger partial charge in [0.1, 0.15) is 5.75 Å². The van der Waals surface area contributed by atoms with Crippen LogP contribution in [0.5, 0.6) is 5.75 Å². The number of benzene rings is 3. The molecule has 1 N–H and O–H groups in total. The van der Waals surface area contributed by atoms with Gasteiger partial charge in [-0.1, -0.05) is 66.7 Å². The van der Waals surface area contributed by atoms with Crippen LogP contribution in [0.15, 0.2) is 78.9 Å². The van der Waals surface area contributed by atoms with Crippen LogP contribution in [0.1, 0.15) is 0 Å². The van der Waals surface area contributed by atoms with Crippen LogP contribution in [0.2, 0.25) is 0 Å². The minimum atomic E-state index is 0. The van der Waals surface area contributed by atoms with E-state index in [1.54, 1.807) is 24.3 Å². The summed E-state index contributed by atoms with van der Waals surface area (Å²) < 4.78 is 0. The lowest BCUT2D eigenvalue weighted by Crippen LogP contribution is -1.67. The number of hydrogen-bond acceptors (Lipinski definition) is 1. The second-order valence-corrected chi connectivity index (χ2v) is 3.68. The standard InChI is InChI=1S/C10H8.C6H6O.ClH/c1-2-6-10-8-4-3-7-9(10)5-1;7-6-4-2-1-3-5-6;/h1-8H;1-5,7H;1H. The van der Waals surface area contributed by atoms with Crippen molar-refractivity contribution in [2.45, 2.75) is 0 Å². The molecule has 0 saturated heterocycles. The average molecular weight is 259 g/mol. The highest BCUT2D eigenvalue weighted by atomic mass is 35.5. The van der Waals surface area contributed by atoms with Crippen molar-refractivity contribution in [3.05, 3.63) is 78.9 Å². The topological polar surface area (TPSA) is 20.2 Å². The molecule has 2 heteroatoms. The van der Waals surface area contributed by atoms with E-state index in [1.165, 1.54) is 10.8 Å². The van der Waals surface area contributed by atoms with E-state index in [-0.39, 0.29) is 12.4 Å². The molecule has 0 spiro atoms. The van der Waals surface area contributed by atoms with E-state index in [2.05, 4.69) is 48.5 Å². The minimum Gasteiger partial charge on any atom is -0.508 e. The molecule has 0 radical (unpaired) electrons. The highest BCUT2D eigenvalue weighted by molar-refractivity contribution is 5.85. The first-order chi connectivity index (χ1) is 8.36.